The first kappa shape index (κ1) is 21.1. The van der Waals surface area contributed by atoms with Crippen molar-refractivity contribution in [3.05, 3.63) is 64.7 Å². The lowest BCUT2D eigenvalue weighted by molar-refractivity contribution is -0.152. The summed E-state index contributed by atoms with van der Waals surface area (Å²) < 4.78 is 10.8. The van der Waals surface area contributed by atoms with E-state index in [-0.39, 0.29) is 11.8 Å². The molecule has 0 fully saturated rings. The van der Waals surface area contributed by atoms with Crippen molar-refractivity contribution in [2.24, 2.45) is 5.92 Å². The van der Waals surface area contributed by atoms with E-state index in [1.807, 2.05) is 44.2 Å². The number of carbonyl (C=O) groups excluding carboxylic acids is 2. The Labute approximate surface area is 171 Å². The number of rotatable bonds is 6. The van der Waals surface area contributed by atoms with E-state index in [9.17, 15) is 14.6 Å². The Kier molecular flexibility index (Phi) is 6.40. The van der Waals surface area contributed by atoms with Gasteiger partial charge in [0.25, 0.3) is 5.91 Å². The number of esters is 1. The van der Waals surface area contributed by atoms with Gasteiger partial charge in [-0.2, -0.15) is 0 Å². The Morgan fingerprint density at radius 2 is 1.83 bits per heavy atom. The summed E-state index contributed by atoms with van der Waals surface area (Å²) in [6.07, 6.45) is -0.420. The predicted octanol–water partition coefficient (Wildman–Crippen LogP) is 2.27. The first-order valence-corrected chi connectivity index (χ1v) is 9.78. The van der Waals surface area contributed by atoms with Crippen LogP contribution in [0.5, 0.6) is 0 Å². The standard InChI is InChI=1S/C22H26BNO5/c1-13(2)20(22(26)29-15(4)16-8-6-5-7-9-16)24-21(25)18-11-10-17-12-28-23(27)19(17)14(18)3/h5-11,13,15,20,27H,12H2,1-4H3,(H,24,25)/t15-,20+/m1/s1. The van der Waals surface area contributed by atoms with Gasteiger partial charge in [-0.15, -0.1) is 0 Å². The summed E-state index contributed by atoms with van der Waals surface area (Å²) in [5, 5.41) is 12.8. The molecule has 0 bridgehead atoms. The number of amides is 1. The van der Waals surface area contributed by atoms with Crippen LogP contribution < -0.4 is 10.8 Å². The molecule has 152 valence electrons. The molecule has 0 radical (unpaired) electrons. The molecule has 7 heteroatoms. The molecule has 0 unspecified atom stereocenters. The summed E-state index contributed by atoms with van der Waals surface area (Å²) in [5.74, 6) is -1.02. The predicted molar refractivity (Wildman–Crippen MR) is 111 cm³/mol. The zero-order valence-electron chi connectivity index (χ0n) is 17.1. The largest absolute Gasteiger partial charge is 0.492 e. The molecular formula is C22H26BNO5. The van der Waals surface area contributed by atoms with Crippen molar-refractivity contribution >= 4 is 24.5 Å². The van der Waals surface area contributed by atoms with E-state index in [4.69, 9.17) is 9.39 Å². The van der Waals surface area contributed by atoms with Crippen LogP contribution in [-0.4, -0.2) is 30.1 Å². The number of ether oxygens (including phenoxy) is 1. The fourth-order valence-electron chi connectivity index (χ4n) is 3.51. The van der Waals surface area contributed by atoms with Gasteiger partial charge in [-0.1, -0.05) is 50.2 Å². The zero-order valence-corrected chi connectivity index (χ0v) is 17.1. The number of nitrogens with one attached hydrogen (secondary N) is 1. The summed E-state index contributed by atoms with van der Waals surface area (Å²) in [4.78, 5) is 25.7. The van der Waals surface area contributed by atoms with Crippen molar-refractivity contribution in [1.29, 1.82) is 0 Å². The van der Waals surface area contributed by atoms with Crippen molar-refractivity contribution in [1.82, 2.24) is 5.32 Å². The van der Waals surface area contributed by atoms with E-state index < -0.39 is 25.2 Å². The second kappa shape index (κ2) is 8.80. The third kappa shape index (κ3) is 4.52. The summed E-state index contributed by atoms with van der Waals surface area (Å²) in [6.45, 7) is 7.60. The molecule has 1 aliphatic rings. The molecule has 2 aromatic rings. The van der Waals surface area contributed by atoms with Gasteiger partial charge in [0, 0.05) is 5.56 Å². The Balaban J connectivity index is 1.75. The Hall–Kier alpha value is -2.64. The highest BCUT2D eigenvalue weighted by atomic mass is 16.5. The van der Waals surface area contributed by atoms with Gasteiger partial charge in [0.1, 0.15) is 12.1 Å². The highest BCUT2D eigenvalue weighted by Gasteiger charge is 2.33. The minimum Gasteiger partial charge on any atom is -0.456 e. The zero-order chi connectivity index (χ0) is 21.1. The van der Waals surface area contributed by atoms with Crippen LogP contribution in [0.2, 0.25) is 0 Å². The minimum absolute atomic E-state index is 0.155. The first-order valence-electron chi connectivity index (χ1n) is 9.78. The quantitative estimate of drug-likeness (QED) is 0.579. The van der Waals surface area contributed by atoms with Gasteiger partial charge < -0.3 is 19.7 Å². The van der Waals surface area contributed by atoms with E-state index in [0.717, 1.165) is 11.1 Å². The Bertz CT molecular complexity index is 900. The average molecular weight is 395 g/mol. The molecule has 2 atom stereocenters. The van der Waals surface area contributed by atoms with Crippen molar-refractivity contribution in [3.8, 4) is 0 Å². The van der Waals surface area contributed by atoms with Crippen LogP contribution in [0.1, 0.15) is 53.9 Å². The van der Waals surface area contributed by atoms with Gasteiger partial charge in [-0.3, -0.25) is 4.79 Å². The second-order valence-electron chi connectivity index (χ2n) is 7.66. The van der Waals surface area contributed by atoms with E-state index in [0.29, 0.717) is 23.2 Å². The molecule has 2 aromatic carbocycles. The van der Waals surface area contributed by atoms with Crippen LogP contribution >= 0.6 is 0 Å². The molecule has 0 aliphatic carbocycles. The molecule has 2 N–H and O–H groups in total. The van der Waals surface area contributed by atoms with Crippen LogP contribution in [0, 0.1) is 12.8 Å². The smallest absolute Gasteiger partial charge is 0.456 e. The average Bonchev–Trinajstić information content (AvgIpc) is 3.08. The number of hydrogen-bond donors (Lipinski definition) is 2. The fraction of sp³-hybridized carbons (Fsp3) is 0.364. The maximum Gasteiger partial charge on any atom is 0.492 e. The SMILES string of the molecule is Cc1c(C(=O)N[C@H](C(=O)O[C@H](C)c2ccccc2)C(C)C)ccc2c1B(O)OC2. The first-order chi connectivity index (χ1) is 13.8. The Morgan fingerprint density at radius 1 is 1.14 bits per heavy atom. The minimum atomic E-state index is -1.03. The van der Waals surface area contributed by atoms with Crippen molar-refractivity contribution in [3.63, 3.8) is 0 Å². The van der Waals surface area contributed by atoms with Gasteiger partial charge in [-0.25, -0.2) is 4.79 Å². The third-order valence-electron chi connectivity index (χ3n) is 5.26. The summed E-state index contributed by atoms with van der Waals surface area (Å²) in [6, 6.07) is 12.1. The second-order valence-corrected chi connectivity index (χ2v) is 7.66. The fourth-order valence-corrected chi connectivity index (χ4v) is 3.51. The van der Waals surface area contributed by atoms with Gasteiger partial charge >= 0.3 is 13.1 Å². The Morgan fingerprint density at radius 3 is 2.48 bits per heavy atom. The van der Waals surface area contributed by atoms with E-state index in [1.54, 1.807) is 26.0 Å². The van der Waals surface area contributed by atoms with Gasteiger partial charge in [0.05, 0.1) is 6.61 Å². The normalized spacial score (nSPS) is 15.0. The molecule has 0 saturated carbocycles. The third-order valence-corrected chi connectivity index (χ3v) is 5.26. The van der Waals surface area contributed by atoms with E-state index >= 15 is 0 Å². The van der Waals surface area contributed by atoms with Crippen LogP contribution in [0.25, 0.3) is 0 Å². The number of fused-ring (bicyclic) bond motifs is 1. The van der Waals surface area contributed by atoms with Crippen LogP contribution in [0.15, 0.2) is 42.5 Å². The summed E-state index contributed by atoms with van der Waals surface area (Å²) in [5.41, 5.74) is 3.43. The number of benzene rings is 2. The molecular weight excluding hydrogens is 369 g/mol. The van der Waals surface area contributed by atoms with E-state index in [2.05, 4.69) is 5.32 Å². The molecule has 6 nitrogen and oxygen atoms in total. The van der Waals surface area contributed by atoms with Crippen molar-refractivity contribution < 1.29 is 24.0 Å². The molecule has 0 spiro atoms. The lowest BCUT2D eigenvalue weighted by Gasteiger charge is -2.24. The molecule has 1 amide bonds. The molecule has 0 saturated heterocycles. The lowest BCUT2D eigenvalue weighted by Crippen LogP contribution is -2.46. The van der Waals surface area contributed by atoms with E-state index in [1.165, 1.54) is 0 Å². The van der Waals surface area contributed by atoms with Crippen LogP contribution in [-0.2, 0) is 20.8 Å². The van der Waals surface area contributed by atoms with Gasteiger partial charge in [0.15, 0.2) is 0 Å². The highest BCUT2D eigenvalue weighted by molar-refractivity contribution is 6.62. The summed E-state index contributed by atoms with van der Waals surface area (Å²) >= 11 is 0. The molecule has 0 aromatic heterocycles. The number of carbonyl (C=O) groups is 2. The molecule has 3 rings (SSSR count). The number of hydrogen-bond acceptors (Lipinski definition) is 5. The lowest BCUT2D eigenvalue weighted by atomic mass is 9.75. The molecule has 29 heavy (non-hydrogen) atoms. The summed E-state index contributed by atoms with van der Waals surface area (Å²) in [7, 11) is -1.03. The monoisotopic (exact) mass is 395 g/mol. The topological polar surface area (TPSA) is 84.9 Å². The molecule has 1 aliphatic heterocycles. The van der Waals surface area contributed by atoms with Crippen molar-refractivity contribution in [2.45, 2.75) is 46.4 Å². The van der Waals surface area contributed by atoms with Gasteiger partial charge in [-0.05, 0) is 48.0 Å². The maximum atomic E-state index is 12.9. The van der Waals surface area contributed by atoms with Crippen LogP contribution in [0.3, 0.4) is 0 Å². The maximum absolute atomic E-state index is 12.9. The van der Waals surface area contributed by atoms with Crippen molar-refractivity contribution in [2.75, 3.05) is 0 Å². The van der Waals surface area contributed by atoms with Gasteiger partial charge in [0.2, 0.25) is 0 Å². The molecule has 1 heterocycles. The highest BCUT2D eigenvalue weighted by Crippen LogP contribution is 2.20. The van der Waals surface area contributed by atoms with Crippen LogP contribution in [0.4, 0.5) is 0 Å².